The normalized spacial score (nSPS) is 11.1. The van der Waals surface area contributed by atoms with Crippen molar-refractivity contribution >= 4 is 11.0 Å². The van der Waals surface area contributed by atoms with Gasteiger partial charge in [-0.25, -0.2) is 4.79 Å². The minimum atomic E-state index is -0.487. The van der Waals surface area contributed by atoms with Crippen molar-refractivity contribution < 1.29 is 9.52 Å². The van der Waals surface area contributed by atoms with E-state index in [1.807, 2.05) is 43.3 Å². The summed E-state index contributed by atoms with van der Waals surface area (Å²) in [5.74, 6) is 0.635. The second-order valence-corrected chi connectivity index (χ2v) is 5.93. The lowest BCUT2D eigenvalue weighted by Crippen LogP contribution is -2.08. The Morgan fingerprint density at radius 2 is 1.92 bits per heavy atom. The Kier molecular flexibility index (Phi) is 3.96. The van der Waals surface area contributed by atoms with Gasteiger partial charge in [0, 0.05) is 23.1 Å². The molecule has 4 aromatic rings. The summed E-state index contributed by atoms with van der Waals surface area (Å²) in [5, 5.41) is 23.3. The summed E-state index contributed by atoms with van der Waals surface area (Å²) in [4.78, 5) is 13.3. The van der Waals surface area contributed by atoms with Crippen LogP contribution in [0.2, 0.25) is 0 Å². The topological polar surface area (TPSA) is 94.0 Å². The zero-order chi connectivity index (χ0) is 18.1. The van der Waals surface area contributed by atoms with E-state index in [-0.39, 0.29) is 12.3 Å². The average molecular weight is 348 g/mol. The number of fused-ring (bicyclic) bond motifs is 1. The van der Waals surface area contributed by atoms with Crippen molar-refractivity contribution in [1.29, 1.82) is 0 Å². The number of nitrogens with zero attached hydrogens (tertiary/aromatic N) is 4. The van der Waals surface area contributed by atoms with E-state index in [9.17, 15) is 9.90 Å². The molecule has 1 N–H and O–H groups in total. The predicted molar refractivity (Wildman–Crippen MR) is 95.9 cm³/mol. The molecular weight excluding hydrogens is 332 g/mol. The highest BCUT2D eigenvalue weighted by Gasteiger charge is 2.12. The molecule has 0 unspecified atom stereocenters. The number of rotatable bonds is 4. The second-order valence-electron chi connectivity index (χ2n) is 5.93. The number of phenols is 1. The van der Waals surface area contributed by atoms with Crippen molar-refractivity contribution in [1.82, 2.24) is 20.2 Å². The van der Waals surface area contributed by atoms with E-state index >= 15 is 0 Å². The first-order valence-corrected chi connectivity index (χ1v) is 8.26. The molecule has 0 fully saturated rings. The third-order valence-corrected chi connectivity index (χ3v) is 4.21. The van der Waals surface area contributed by atoms with Crippen molar-refractivity contribution in [3.8, 4) is 17.1 Å². The van der Waals surface area contributed by atoms with Gasteiger partial charge in [0.05, 0.1) is 6.54 Å². The lowest BCUT2D eigenvalue weighted by molar-refractivity contribution is 0.466. The van der Waals surface area contributed by atoms with Crippen LogP contribution in [0.15, 0.2) is 57.7 Å². The van der Waals surface area contributed by atoms with E-state index in [0.717, 1.165) is 16.5 Å². The first kappa shape index (κ1) is 16.0. The molecule has 0 aliphatic rings. The molecule has 0 spiro atoms. The monoisotopic (exact) mass is 348 g/mol. The molecule has 2 heterocycles. The van der Waals surface area contributed by atoms with Gasteiger partial charge in [-0.3, -0.25) is 0 Å². The quantitative estimate of drug-likeness (QED) is 0.570. The Morgan fingerprint density at radius 3 is 2.69 bits per heavy atom. The standard InChI is InChI=1S/C19H16N4O3/c1-2-12-8-15-14(9-18(25)26-17(15)10-16(12)24)11-23-21-19(20-22-23)13-6-4-3-5-7-13/h3-10,24H,2,11H2,1H3. The van der Waals surface area contributed by atoms with Crippen molar-refractivity contribution in [2.45, 2.75) is 19.9 Å². The van der Waals surface area contributed by atoms with Crippen LogP contribution in [0.25, 0.3) is 22.4 Å². The predicted octanol–water partition coefficient (Wildman–Crippen LogP) is 2.76. The molecule has 7 heteroatoms. The molecule has 4 rings (SSSR count). The number of aromatic nitrogens is 4. The largest absolute Gasteiger partial charge is 0.508 e. The molecule has 0 aliphatic carbocycles. The number of aromatic hydroxyl groups is 1. The van der Waals surface area contributed by atoms with E-state index in [2.05, 4.69) is 15.4 Å². The van der Waals surface area contributed by atoms with Crippen LogP contribution < -0.4 is 5.63 Å². The van der Waals surface area contributed by atoms with E-state index in [0.29, 0.717) is 23.4 Å². The number of hydrogen-bond acceptors (Lipinski definition) is 6. The minimum absolute atomic E-state index is 0.116. The van der Waals surface area contributed by atoms with Crippen LogP contribution in [0.1, 0.15) is 18.1 Å². The zero-order valence-electron chi connectivity index (χ0n) is 14.1. The van der Waals surface area contributed by atoms with E-state index in [4.69, 9.17) is 4.42 Å². The molecule has 0 atom stereocenters. The molecule has 0 saturated carbocycles. The van der Waals surface area contributed by atoms with Crippen LogP contribution in [0, 0.1) is 0 Å². The van der Waals surface area contributed by atoms with Gasteiger partial charge in [-0.05, 0) is 28.8 Å². The molecule has 26 heavy (non-hydrogen) atoms. The molecule has 2 aromatic carbocycles. The van der Waals surface area contributed by atoms with Crippen molar-refractivity contribution in [2.24, 2.45) is 0 Å². The van der Waals surface area contributed by atoms with Crippen molar-refractivity contribution in [2.75, 3.05) is 0 Å². The Bertz CT molecular complexity index is 1130. The van der Waals surface area contributed by atoms with E-state index in [1.165, 1.54) is 16.9 Å². The van der Waals surface area contributed by atoms with Crippen LogP contribution in [-0.4, -0.2) is 25.3 Å². The maximum Gasteiger partial charge on any atom is 0.336 e. The highest BCUT2D eigenvalue weighted by Crippen LogP contribution is 2.27. The number of hydrogen-bond donors (Lipinski definition) is 1. The SMILES string of the molecule is CCc1cc2c(Cn3nnc(-c4ccccc4)n3)cc(=O)oc2cc1O. The van der Waals surface area contributed by atoms with Gasteiger partial charge < -0.3 is 9.52 Å². The third-order valence-electron chi connectivity index (χ3n) is 4.21. The molecule has 7 nitrogen and oxygen atoms in total. The summed E-state index contributed by atoms with van der Waals surface area (Å²) in [6, 6.07) is 14.3. The Labute approximate surface area is 148 Å². The Morgan fingerprint density at radius 1 is 1.12 bits per heavy atom. The van der Waals surface area contributed by atoms with Gasteiger partial charge in [0.2, 0.25) is 5.82 Å². The van der Waals surface area contributed by atoms with Crippen molar-refractivity contribution in [3.63, 3.8) is 0 Å². The van der Waals surface area contributed by atoms with Gasteiger partial charge in [0.25, 0.3) is 0 Å². The van der Waals surface area contributed by atoms with Crippen LogP contribution in [0.3, 0.4) is 0 Å². The highest BCUT2D eigenvalue weighted by atomic mass is 16.4. The average Bonchev–Trinajstić information content (AvgIpc) is 3.10. The fourth-order valence-electron chi connectivity index (χ4n) is 2.89. The first-order valence-electron chi connectivity index (χ1n) is 8.26. The summed E-state index contributed by atoms with van der Waals surface area (Å²) in [7, 11) is 0. The van der Waals surface area contributed by atoms with E-state index in [1.54, 1.807) is 0 Å². The van der Waals surface area contributed by atoms with Gasteiger partial charge in [-0.1, -0.05) is 37.3 Å². The zero-order valence-corrected chi connectivity index (χ0v) is 14.1. The summed E-state index contributed by atoms with van der Waals surface area (Å²) in [6.45, 7) is 2.22. The molecule has 0 radical (unpaired) electrons. The molecule has 0 aliphatic heterocycles. The summed E-state index contributed by atoms with van der Waals surface area (Å²) < 4.78 is 5.21. The Hall–Kier alpha value is -3.48. The fraction of sp³-hybridized carbons (Fsp3) is 0.158. The molecule has 130 valence electrons. The van der Waals surface area contributed by atoms with Gasteiger partial charge in [-0.2, -0.15) is 4.80 Å². The fourth-order valence-corrected chi connectivity index (χ4v) is 2.89. The summed E-state index contributed by atoms with van der Waals surface area (Å²) in [5.41, 5.74) is 2.21. The number of phenolic OH excluding ortho intramolecular Hbond substituents is 1. The highest BCUT2D eigenvalue weighted by molar-refractivity contribution is 5.82. The molecular formula is C19H16N4O3. The summed E-state index contributed by atoms with van der Waals surface area (Å²) >= 11 is 0. The van der Waals surface area contributed by atoms with Crippen molar-refractivity contribution in [3.05, 3.63) is 70.1 Å². The first-order chi connectivity index (χ1) is 12.6. The molecule has 0 saturated heterocycles. The van der Waals surface area contributed by atoms with Crippen LogP contribution in [0.5, 0.6) is 5.75 Å². The van der Waals surface area contributed by atoms with Crippen LogP contribution in [0.4, 0.5) is 0 Å². The number of tetrazole rings is 1. The van der Waals surface area contributed by atoms with Gasteiger partial charge >= 0.3 is 5.63 Å². The summed E-state index contributed by atoms with van der Waals surface area (Å²) in [6.07, 6.45) is 0.667. The number of benzene rings is 2. The van der Waals surface area contributed by atoms with Crippen LogP contribution in [-0.2, 0) is 13.0 Å². The minimum Gasteiger partial charge on any atom is -0.508 e. The van der Waals surface area contributed by atoms with Crippen LogP contribution >= 0.6 is 0 Å². The maximum atomic E-state index is 11.9. The lowest BCUT2D eigenvalue weighted by Gasteiger charge is -2.08. The molecule has 2 aromatic heterocycles. The lowest BCUT2D eigenvalue weighted by atomic mass is 10.0. The van der Waals surface area contributed by atoms with E-state index < -0.39 is 5.63 Å². The maximum absolute atomic E-state index is 11.9. The smallest absolute Gasteiger partial charge is 0.336 e. The molecule has 0 amide bonds. The Balaban J connectivity index is 1.75. The van der Waals surface area contributed by atoms with Gasteiger partial charge in [0.1, 0.15) is 11.3 Å². The number of aryl methyl sites for hydroxylation is 1. The molecule has 0 bridgehead atoms. The van der Waals surface area contributed by atoms with Gasteiger partial charge in [-0.15, -0.1) is 10.2 Å². The second kappa shape index (κ2) is 6.44. The van der Waals surface area contributed by atoms with Gasteiger partial charge in [0.15, 0.2) is 0 Å². The third kappa shape index (κ3) is 2.95.